The van der Waals surface area contributed by atoms with Crippen LogP contribution < -0.4 is 10.6 Å². The number of guanidine groups is 1. The van der Waals surface area contributed by atoms with E-state index < -0.39 is 9.84 Å². The Morgan fingerprint density at radius 2 is 1.73 bits per heavy atom. The second-order valence-electron chi connectivity index (χ2n) is 7.47. The third-order valence-electron chi connectivity index (χ3n) is 5.26. The number of benzene rings is 2. The van der Waals surface area contributed by atoms with E-state index in [1.165, 1.54) is 5.56 Å². The Morgan fingerprint density at radius 1 is 1.10 bits per heavy atom. The first kappa shape index (κ1) is 24.6. The minimum absolute atomic E-state index is 0. The lowest BCUT2D eigenvalue weighted by Crippen LogP contribution is -2.45. The highest BCUT2D eigenvalue weighted by Gasteiger charge is 2.29. The van der Waals surface area contributed by atoms with Crippen LogP contribution in [0.25, 0.3) is 0 Å². The van der Waals surface area contributed by atoms with Crippen LogP contribution in [0.15, 0.2) is 70.6 Å². The van der Waals surface area contributed by atoms with Gasteiger partial charge in [0, 0.05) is 38.8 Å². The van der Waals surface area contributed by atoms with Gasteiger partial charge >= 0.3 is 0 Å². The lowest BCUT2D eigenvalue weighted by Gasteiger charge is -2.21. The van der Waals surface area contributed by atoms with E-state index >= 15 is 0 Å². The molecule has 1 saturated heterocycles. The third-order valence-corrected chi connectivity index (χ3v) is 6.99. The van der Waals surface area contributed by atoms with Gasteiger partial charge < -0.3 is 10.6 Å². The zero-order chi connectivity index (χ0) is 20.7. The van der Waals surface area contributed by atoms with Crippen LogP contribution in [0.1, 0.15) is 18.9 Å². The maximum atomic E-state index is 12.4. The highest BCUT2D eigenvalue weighted by atomic mass is 127. The maximum Gasteiger partial charge on any atom is 0.191 e. The standard InChI is InChI=1S/C22H30N4O2S.HI/c1-18-15-20(17-26(18)16-19-9-5-3-6-10-19)25-22(23-2)24-13-14-29(27,28)21-11-7-4-8-12-21;/h3-12,18,20H,13-17H2,1-2H3,(H2,23,24,25);1H. The second kappa shape index (κ2) is 11.7. The Bertz CT molecular complexity index is 907. The highest BCUT2D eigenvalue weighted by Crippen LogP contribution is 2.20. The zero-order valence-corrected chi connectivity index (χ0v) is 20.6. The SMILES string of the molecule is CN=C(NCCS(=O)(=O)c1ccccc1)NC1CC(C)N(Cc2ccccc2)C1.I. The first-order chi connectivity index (χ1) is 14.0. The molecular formula is C22H31IN4O2S. The molecule has 0 aromatic heterocycles. The lowest BCUT2D eigenvalue weighted by atomic mass is 10.2. The molecule has 2 atom stereocenters. The van der Waals surface area contributed by atoms with Crippen molar-refractivity contribution in [3.63, 3.8) is 0 Å². The Balaban J connectivity index is 0.00000320. The summed E-state index contributed by atoms with van der Waals surface area (Å²) in [7, 11) is -1.59. The first-order valence-corrected chi connectivity index (χ1v) is 11.7. The Hall–Kier alpha value is -1.65. The summed E-state index contributed by atoms with van der Waals surface area (Å²) in [5.41, 5.74) is 1.31. The van der Waals surface area contributed by atoms with Crippen molar-refractivity contribution < 1.29 is 8.42 Å². The number of nitrogens with zero attached hydrogens (tertiary/aromatic N) is 2. The van der Waals surface area contributed by atoms with Gasteiger partial charge in [-0.15, -0.1) is 24.0 Å². The van der Waals surface area contributed by atoms with Gasteiger partial charge in [0.25, 0.3) is 0 Å². The van der Waals surface area contributed by atoms with Gasteiger partial charge in [0.15, 0.2) is 15.8 Å². The number of hydrogen-bond acceptors (Lipinski definition) is 4. The van der Waals surface area contributed by atoms with Gasteiger partial charge in [-0.2, -0.15) is 0 Å². The molecule has 8 heteroatoms. The molecule has 2 N–H and O–H groups in total. The average Bonchev–Trinajstić information content (AvgIpc) is 3.07. The summed E-state index contributed by atoms with van der Waals surface area (Å²) in [6.07, 6.45) is 1.02. The van der Waals surface area contributed by atoms with Crippen LogP contribution in [0.3, 0.4) is 0 Å². The molecule has 0 saturated carbocycles. The molecule has 0 amide bonds. The molecule has 30 heavy (non-hydrogen) atoms. The average molecular weight is 542 g/mol. The van der Waals surface area contributed by atoms with Gasteiger partial charge in [0.05, 0.1) is 10.6 Å². The summed E-state index contributed by atoms with van der Waals surface area (Å²) in [6.45, 7) is 4.42. The molecule has 1 heterocycles. The number of hydrogen-bond donors (Lipinski definition) is 2. The Kier molecular flexibility index (Phi) is 9.57. The normalized spacial score (nSPS) is 19.9. The van der Waals surface area contributed by atoms with Crippen LogP contribution in [-0.4, -0.2) is 57.3 Å². The van der Waals surface area contributed by atoms with Crippen LogP contribution in [0.4, 0.5) is 0 Å². The van der Waals surface area contributed by atoms with Gasteiger partial charge in [-0.05, 0) is 31.0 Å². The molecule has 1 aliphatic rings. The van der Waals surface area contributed by atoms with Crippen LogP contribution in [0.2, 0.25) is 0 Å². The van der Waals surface area contributed by atoms with Gasteiger partial charge in [0.1, 0.15) is 0 Å². The predicted molar refractivity (Wildman–Crippen MR) is 133 cm³/mol. The van der Waals surface area contributed by atoms with E-state index in [2.05, 4.69) is 51.7 Å². The largest absolute Gasteiger partial charge is 0.355 e. The lowest BCUT2D eigenvalue weighted by molar-refractivity contribution is 0.258. The topological polar surface area (TPSA) is 73.8 Å². The second-order valence-corrected chi connectivity index (χ2v) is 9.58. The molecule has 2 aromatic rings. The van der Waals surface area contributed by atoms with Crippen molar-refractivity contribution in [1.29, 1.82) is 0 Å². The third kappa shape index (κ3) is 6.95. The summed E-state index contributed by atoms with van der Waals surface area (Å²) in [5, 5.41) is 6.58. The highest BCUT2D eigenvalue weighted by molar-refractivity contribution is 14.0. The van der Waals surface area contributed by atoms with E-state index in [9.17, 15) is 8.42 Å². The van der Waals surface area contributed by atoms with E-state index in [0.29, 0.717) is 23.4 Å². The molecule has 1 fully saturated rings. The quantitative estimate of drug-likeness (QED) is 0.320. The van der Waals surface area contributed by atoms with Gasteiger partial charge in [0.2, 0.25) is 0 Å². The summed E-state index contributed by atoms with van der Waals surface area (Å²) >= 11 is 0. The van der Waals surface area contributed by atoms with Crippen molar-refractivity contribution >= 4 is 39.8 Å². The number of halogens is 1. The molecule has 0 aliphatic carbocycles. The van der Waals surface area contributed by atoms with E-state index in [4.69, 9.17) is 0 Å². The molecular weight excluding hydrogens is 511 g/mol. The monoisotopic (exact) mass is 542 g/mol. The molecule has 164 valence electrons. The predicted octanol–water partition coefficient (Wildman–Crippen LogP) is 2.91. The number of likely N-dealkylation sites (tertiary alicyclic amines) is 1. The minimum Gasteiger partial charge on any atom is -0.355 e. The summed E-state index contributed by atoms with van der Waals surface area (Å²) in [6, 6.07) is 19.8. The molecule has 0 radical (unpaired) electrons. The molecule has 0 bridgehead atoms. The van der Waals surface area contributed by atoms with Gasteiger partial charge in [-0.3, -0.25) is 9.89 Å². The zero-order valence-electron chi connectivity index (χ0n) is 17.5. The molecule has 0 spiro atoms. The number of aliphatic imine (C=N–C) groups is 1. The van der Waals surface area contributed by atoms with Crippen molar-refractivity contribution in [2.75, 3.05) is 25.9 Å². The summed E-state index contributed by atoms with van der Waals surface area (Å²) in [4.78, 5) is 7.07. The van der Waals surface area contributed by atoms with E-state index in [1.807, 2.05) is 12.1 Å². The molecule has 2 aromatic carbocycles. The van der Waals surface area contributed by atoms with Crippen LogP contribution in [-0.2, 0) is 16.4 Å². The smallest absolute Gasteiger partial charge is 0.191 e. The minimum atomic E-state index is -3.30. The fourth-order valence-corrected chi connectivity index (χ4v) is 4.86. The molecule has 6 nitrogen and oxygen atoms in total. The van der Waals surface area contributed by atoms with Crippen molar-refractivity contribution in [3.05, 3.63) is 66.2 Å². The van der Waals surface area contributed by atoms with E-state index in [-0.39, 0.29) is 35.8 Å². The van der Waals surface area contributed by atoms with Crippen molar-refractivity contribution in [2.45, 2.75) is 36.9 Å². The first-order valence-electron chi connectivity index (χ1n) is 10.0. The van der Waals surface area contributed by atoms with Crippen molar-refractivity contribution in [2.24, 2.45) is 4.99 Å². The van der Waals surface area contributed by atoms with Crippen molar-refractivity contribution in [1.82, 2.24) is 15.5 Å². The van der Waals surface area contributed by atoms with E-state index in [0.717, 1.165) is 19.5 Å². The fourth-order valence-electron chi connectivity index (χ4n) is 3.68. The molecule has 2 unspecified atom stereocenters. The van der Waals surface area contributed by atoms with E-state index in [1.54, 1.807) is 31.3 Å². The fraction of sp³-hybridized carbons (Fsp3) is 0.409. The molecule has 3 rings (SSSR count). The maximum absolute atomic E-state index is 12.4. The van der Waals surface area contributed by atoms with Crippen LogP contribution in [0, 0.1) is 0 Å². The summed E-state index contributed by atoms with van der Waals surface area (Å²) in [5.74, 6) is 0.672. The van der Waals surface area contributed by atoms with Gasteiger partial charge in [-0.1, -0.05) is 48.5 Å². The Morgan fingerprint density at radius 3 is 2.37 bits per heavy atom. The molecule has 1 aliphatic heterocycles. The van der Waals surface area contributed by atoms with Crippen molar-refractivity contribution in [3.8, 4) is 0 Å². The van der Waals surface area contributed by atoms with Crippen LogP contribution >= 0.6 is 24.0 Å². The number of sulfone groups is 1. The van der Waals surface area contributed by atoms with Gasteiger partial charge in [-0.25, -0.2) is 8.42 Å². The number of nitrogens with one attached hydrogen (secondary N) is 2. The van der Waals surface area contributed by atoms with Crippen LogP contribution in [0.5, 0.6) is 0 Å². The number of rotatable bonds is 7. The summed E-state index contributed by atoms with van der Waals surface area (Å²) < 4.78 is 24.8. The Labute approximate surface area is 197 Å².